The van der Waals surface area contributed by atoms with Crippen molar-refractivity contribution in [3.63, 3.8) is 0 Å². The number of nitrogens with one attached hydrogen (secondary N) is 1. The third-order valence-electron chi connectivity index (χ3n) is 2.57. The first-order chi connectivity index (χ1) is 9.42. The molecule has 0 fully saturated rings. The van der Waals surface area contributed by atoms with E-state index in [9.17, 15) is 0 Å². The maximum absolute atomic E-state index is 5.84. The number of ether oxygens (including phenoxy) is 1. The van der Waals surface area contributed by atoms with Crippen LogP contribution in [0.2, 0.25) is 5.02 Å². The van der Waals surface area contributed by atoms with Gasteiger partial charge in [-0.1, -0.05) is 11.6 Å². The van der Waals surface area contributed by atoms with Crippen LogP contribution in [0, 0.1) is 0 Å². The van der Waals surface area contributed by atoms with E-state index in [0.717, 1.165) is 11.5 Å². The van der Waals surface area contributed by atoms with Gasteiger partial charge < -0.3 is 14.5 Å². The highest BCUT2D eigenvalue weighted by Crippen LogP contribution is 2.17. The lowest BCUT2D eigenvalue weighted by molar-refractivity contribution is 0.262. The van der Waals surface area contributed by atoms with E-state index in [4.69, 9.17) is 20.8 Å². The summed E-state index contributed by atoms with van der Waals surface area (Å²) >= 11 is 5.84. The first-order valence-corrected chi connectivity index (χ1v) is 6.86. The minimum atomic E-state index is 0.0654. The lowest BCUT2D eigenvalue weighted by Gasteiger charge is -2.19. The molecule has 2 aromatic rings. The molecule has 0 aromatic carbocycles. The second-order valence-electron chi connectivity index (χ2n) is 5.60. The van der Waals surface area contributed by atoms with Gasteiger partial charge in [-0.15, -0.1) is 0 Å². The zero-order chi connectivity index (χ0) is 14.6. The molecule has 0 aliphatic heterocycles. The molecular weight excluding hydrogens is 276 g/mol. The maximum Gasteiger partial charge on any atom is 0.146 e. The predicted octanol–water partition coefficient (Wildman–Crippen LogP) is 3.80. The molecule has 0 amide bonds. The topological polar surface area (TPSA) is 47.3 Å². The van der Waals surface area contributed by atoms with Gasteiger partial charge in [0.15, 0.2) is 0 Å². The van der Waals surface area contributed by atoms with E-state index >= 15 is 0 Å². The molecule has 108 valence electrons. The molecule has 0 radical (unpaired) electrons. The Hall–Kier alpha value is -1.52. The largest absolute Gasteiger partial charge is 0.484 e. The number of pyridine rings is 1. The fraction of sp³-hybridized carbons (Fsp3) is 0.400. The molecule has 20 heavy (non-hydrogen) atoms. The van der Waals surface area contributed by atoms with Crippen molar-refractivity contribution in [2.24, 2.45) is 0 Å². The summed E-state index contributed by atoms with van der Waals surface area (Å²) in [6.07, 6.45) is 3.19. The van der Waals surface area contributed by atoms with Crippen LogP contribution in [0.3, 0.4) is 0 Å². The molecule has 0 spiro atoms. The second kappa shape index (κ2) is 6.29. The smallest absolute Gasteiger partial charge is 0.146 e. The van der Waals surface area contributed by atoms with E-state index < -0.39 is 0 Å². The van der Waals surface area contributed by atoms with Crippen LogP contribution in [0.15, 0.2) is 35.0 Å². The maximum atomic E-state index is 5.84. The highest BCUT2D eigenvalue weighted by molar-refractivity contribution is 6.30. The summed E-state index contributed by atoms with van der Waals surface area (Å²) in [6.45, 7) is 7.41. The average Bonchev–Trinajstić information content (AvgIpc) is 2.81. The SMILES string of the molecule is CC(C)(C)NCc1ccc(COc2cncc(Cl)c2)o1. The highest BCUT2D eigenvalue weighted by atomic mass is 35.5. The summed E-state index contributed by atoms with van der Waals surface area (Å²) < 4.78 is 11.3. The van der Waals surface area contributed by atoms with E-state index in [0.29, 0.717) is 23.9 Å². The zero-order valence-electron chi connectivity index (χ0n) is 11.9. The Morgan fingerprint density at radius 3 is 2.70 bits per heavy atom. The number of hydrogen-bond acceptors (Lipinski definition) is 4. The summed E-state index contributed by atoms with van der Waals surface area (Å²) in [5.74, 6) is 2.29. The quantitative estimate of drug-likeness (QED) is 0.911. The van der Waals surface area contributed by atoms with Gasteiger partial charge in [-0.05, 0) is 32.9 Å². The second-order valence-corrected chi connectivity index (χ2v) is 6.04. The monoisotopic (exact) mass is 294 g/mol. The molecule has 0 saturated heterocycles. The standard InChI is InChI=1S/C15H19ClN2O2/c1-15(2,3)18-9-12-4-5-13(20-12)10-19-14-6-11(16)7-17-8-14/h4-8,18H,9-10H2,1-3H3. The minimum absolute atomic E-state index is 0.0654. The van der Waals surface area contributed by atoms with Crippen LogP contribution >= 0.6 is 11.6 Å². The Morgan fingerprint density at radius 2 is 2.00 bits per heavy atom. The van der Waals surface area contributed by atoms with Crippen LogP contribution in [0.25, 0.3) is 0 Å². The molecule has 0 aliphatic carbocycles. The lowest BCUT2D eigenvalue weighted by atomic mass is 10.1. The first kappa shape index (κ1) is 14.9. The molecule has 2 rings (SSSR count). The Kier molecular flexibility index (Phi) is 4.68. The Morgan fingerprint density at radius 1 is 1.25 bits per heavy atom. The van der Waals surface area contributed by atoms with Gasteiger partial charge in [-0.2, -0.15) is 0 Å². The highest BCUT2D eigenvalue weighted by Gasteiger charge is 2.10. The molecule has 0 aliphatic rings. The molecule has 4 nitrogen and oxygen atoms in total. The number of rotatable bonds is 5. The van der Waals surface area contributed by atoms with Gasteiger partial charge in [0.05, 0.1) is 17.8 Å². The summed E-state index contributed by atoms with van der Waals surface area (Å²) in [4.78, 5) is 3.96. The summed E-state index contributed by atoms with van der Waals surface area (Å²) in [5.41, 5.74) is 0.0654. The predicted molar refractivity (Wildman–Crippen MR) is 78.9 cm³/mol. The van der Waals surface area contributed by atoms with Crippen LogP contribution in [0.5, 0.6) is 5.75 Å². The van der Waals surface area contributed by atoms with Gasteiger partial charge in [0, 0.05) is 17.8 Å². The Balaban J connectivity index is 1.87. The van der Waals surface area contributed by atoms with Crippen molar-refractivity contribution < 1.29 is 9.15 Å². The Labute approximate surface area is 124 Å². The van der Waals surface area contributed by atoms with Crippen molar-refractivity contribution in [2.75, 3.05) is 0 Å². The normalized spacial score (nSPS) is 11.6. The molecule has 0 saturated carbocycles. The third kappa shape index (κ3) is 4.87. The van der Waals surface area contributed by atoms with Crippen molar-refractivity contribution in [1.82, 2.24) is 10.3 Å². The fourth-order valence-corrected chi connectivity index (χ4v) is 1.74. The summed E-state index contributed by atoms with van der Waals surface area (Å²) in [6, 6.07) is 5.59. The van der Waals surface area contributed by atoms with Gasteiger partial charge in [0.1, 0.15) is 23.9 Å². The molecule has 2 aromatic heterocycles. The number of halogens is 1. The van der Waals surface area contributed by atoms with Gasteiger partial charge in [0.25, 0.3) is 0 Å². The van der Waals surface area contributed by atoms with Crippen LogP contribution in [-0.2, 0) is 13.2 Å². The van der Waals surface area contributed by atoms with Gasteiger partial charge in [-0.3, -0.25) is 4.98 Å². The molecule has 0 atom stereocenters. The summed E-state index contributed by atoms with van der Waals surface area (Å²) in [7, 11) is 0. The zero-order valence-corrected chi connectivity index (χ0v) is 12.7. The lowest BCUT2D eigenvalue weighted by Crippen LogP contribution is -2.34. The molecule has 2 heterocycles. The third-order valence-corrected chi connectivity index (χ3v) is 2.78. The fourth-order valence-electron chi connectivity index (χ4n) is 1.57. The van der Waals surface area contributed by atoms with Crippen LogP contribution in [-0.4, -0.2) is 10.5 Å². The van der Waals surface area contributed by atoms with Crippen LogP contribution in [0.1, 0.15) is 32.3 Å². The van der Waals surface area contributed by atoms with Crippen molar-refractivity contribution >= 4 is 11.6 Å². The molecule has 1 N–H and O–H groups in total. The van der Waals surface area contributed by atoms with Gasteiger partial charge in [0.2, 0.25) is 0 Å². The number of hydrogen-bond donors (Lipinski definition) is 1. The van der Waals surface area contributed by atoms with Crippen molar-refractivity contribution in [3.8, 4) is 5.75 Å². The van der Waals surface area contributed by atoms with E-state index in [2.05, 4.69) is 31.1 Å². The molecule has 0 bridgehead atoms. The van der Waals surface area contributed by atoms with E-state index in [1.165, 1.54) is 0 Å². The number of furan rings is 1. The van der Waals surface area contributed by atoms with E-state index in [1.54, 1.807) is 18.5 Å². The first-order valence-electron chi connectivity index (χ1n) is 6.48. The number of nitrogens with zero attached hydrogens (tertiary/aromatic N) is 1. The molecular formula is C15H19ClN2O2. The minimum Gasteiger partial charge on any atom is -0.484 e. The van der Waals surface area contributed by atoms with E-state index in [1.807, 2.05) is 12.1 Å². The van der Waals surface area contributed by atoms with Crippen molar-refractivity contribution in [2.45, 2.75) is 39.5 Å². The summed E-state index contributed by atoms with van der Waals surface area (Å²) in [5, 5.41) is 3.92. The van der Waals surface area contributed by atoms with Crippen molar-refractivity contribution in [3.05, 3.63) is 47.1 Å². The van der Waals surface area contributed by atoms with Gasteiger partial charge in [-0.25, -0.2) is 0 Å². The average molecular weight is 295 g/mol. The van der Waals surface area contributed by atoms with Crippen LogP contribution < -0.4 is 10.1 Å². The van der Waals surface area contributed by atoms with Crippen molar-refractivity contribution in [1.29, 1.82) is 0 Å². The van der Waals surface area contributed by atoms with Gasteiger partial charge >= 0.3 is 0 Å². The molecule has 0 unspecified atom stereocenters. The van der Waals surface area contributed by atoms with Crippen LogP contribution in [0.4, 0.5) is 0 Å². The number of aromatic nitrogens is 1. The van der Waals surface area contributed by atoms with E-state index in [-0.39, 0.29) is 5.54 Å². The Bertz CT molecular complexity index is 561. The molecule has 5 heteroatoms.